The normalized spacial score (nSPS) is 22.8. The minimum atomic E-state index is 0.455. The predicted octanol–water partition coefficient (Wildman–Crippen LogP) is 1.75. The highest BCUT2D eigenvalue weighted by Gasteiger charge is 2.39. The summed E-state index contributed by atoms with van der Waals surface area (Å²) in [5, 5.41) is 0. The van der Waals surface area contributed by atoms with Crippen LogP contribution in [0, 0.1) is 12.8 Å². The second kappa shape index (κ2) is 6.46. The van der Waals surface area contributed by atoms with Crippen LogP contribution < -0.4 is 14.7 Å². The molecule has 2 atom stereocenters. The Balaban J connectivity index is 1.56. The molecular formula is C18H25N7. The van der Waals surface area contributed by atoms with Crippen LogP contribution in [0.1, 0.15) is 18.5 Å². The molecule has 2 unspecified atom stereocenters. The fourth-order valence-corrected chi connectivity index (χ4v) is 3.94. The molecule has 2 aromatic heterocycles. The molecule has 0 spiro atoms. The zero-order valence-electron chi connectivity index (χ0n) is 15.1. The van der Waals surface area contributed by atoms with Gasteiger partial charge in [0.2, 0.25) is 5.95 Å². The predicted molar refractivity (Wildman–Crippen MR) is 99.2 cm³/mol. The first-order chi connectivity index (χ1) is 12.1. The first kappa shape index (κ1) is 16.1. The van der Waals surface area contributed by atoms with E-state index in [1.807, 2.05) is 50.6 Å². The monoisotopic (exact) mass is 339 g/mol. The van der Waals surface area contributed by atoms with Gasteiger partial charge in [0, 0.05) is 46.1 Å². The van der Waals surface area contributed by atoms with Gasteiger partial charge in [0.25, 0.3) is 0 Å². The highest BCUT2D eigenvalue weighted by molar-refractivity contribution is 5.46. The van der Waals surface area contributed by atoms with Crippen molar-refractivity contribution in [1.29, 1.82) is 0 Å². The molecule has 0 bridgehead atoms. The summed E-state index contributed by atoms with van der Waals surface area (Å²) in [4.78, 5) is 25.0. The van der Waals surface area contributed by atoms with E-state index in [9.17, 15) is 0 Å². The molecule has 4 rings (SSSR count). The van der Waals surface area contributed by atoms with Crippen LogP contribution in [0.2, 0.25) is 0 Å². The summed E-state index contributed by atoms with van der Waals surface area (Å²) in [5.41, 5.74) is 0.968. The molecule has 0 radical (unpaired) electrons. The van der Waals surface area contributed by atoms with Crippen LogP contribution in [-0.2, 0) is 0 Å². The first-order valence-corrected chi connectivity index (χ1v) is 8.92. The molecule has 7 nitrogen and oxygen atoms in total. The molecule has 2 saturated heterocycles. The second-order valence-electron chi connectivity index (χ2n) is 7.17. The van der Waals surface area contributed by atoms with E-state index in [1.54, 1.807) is 0 Å². The summed E-state index contributed by atoms with van der Waals surface area (Å²) < 4.78 is 0. The SMILES string of the molecule is Cc1cncc(N2CCC3CCN(c4nccc(N(C)C)n4)CC32)n1. The molecule has 7 heteroatoms. The minimum Gasteiger partial charge on any atom is -0.363 e. The van der Waals surface area contributed by atoms with E-state index in [0.29, 0.717) is 6.04 Å². The summed E-state index contributed by atoms with van der Waals surface area (Å²) in [6, 6.07) is 2.40. The van der Waals surface area contributed by atoms with Crippen LogP contribution in [0.4, 0.5) is 17.6 Å². The van der Waals surface area contributed by atoms with Gasteiger partial charge < -0.3 is 14.7 Å². The lowest BCUT2D eigenvalue weighted by atomic mass is 9.92. The van der Waals surface area contributed by atoms with Gasteiger partial charge in [0.1, 0.15) is 11.6 Å². The second-order valence-corrected chi connectivity index (χ2v) is 7.17. The quantitative estimate of drug-likeness (QED) is 0.844. The minimum absolute atomic E-state index is 0.455. The lowest BCUT2D eigenvalue weighted by Gasteiger charge is -2.38. The van der Waals surface area contributed by atoms with Gasteiger partial charge in [-0.25, -0.2) is 9.97 Å². The van der Waals surface area contributed by atoms with Crippen molar-refractivity contribution >= 4 is 17.6 Å². The zero-order chi connectivity index (χ0) is 17.4. The molecule has 0 aromatic carbocycles. The van der Waals surface area contributed by atoms with Crippen molar-refractivity contribution in [3.63, 3.8) is 0 Å². The Hall–Kier alpha value is -2.44. The topological polar surface area (TPSA) is 61.3 Å². The molecular weight excluding hydrogens is 314 g/mol. The van der Waals surface area contributed by atoms with Crippen LogP contribution in [0.5, 0.6) is 0 Å². The van der Waals surface area contributed by atoms with E-state index >= 15 is 0 Å². The van der Waals surface area contributed by atoms with Gasteiger partial charge >= 0.3 is 0 Å². The number of nitrogens with zero attached hydrogens (tertiary/aromatic N) is 7. The molecule has 0 saturated carbocycles. The van der Waals surface area contributed by atoms with Crippen LogP contribution in [0.3, 0.4) is 0 Å². The number of piperidine rings is 1. The van der Waals surface area contributed by atoms with Gasteiger partial charge in [-0.3, -0.25) is 4.98 Å². The average Bonchev–Trinajstić information content (AvgIpc) is 3.05. The molecule has 2 aromatic rings. The third-order valence-corrected chi connectivity index (χ3v) is 5.27. The molecule has 25 heavy (non-hydrogen) atoms. The Morgan fingerprint density at radius 3 is 2.76 bits per heavy atom. The van der Waals surface area contributed by atoms with Gasteiger partial charge in [0.05, 0.1) is 17.9 Å². The molecule has 132 valence electrons. The van der Waals surface area contributed by atoms with E-state index < -0.39 is 0 Å². The highest BCUT2D eigenvalue weighted by atomic mass is 15.3. The van der Waals surface area contributed by atoms with Crippen LogP contribution in [0.25, 0.3) is 0 Å². The van der Waals surface area contributed by atoms with Crippen molar-refractivity contribution in [2.24, 2.45) is 5.92 Å². The maximum atomic E-state index is 4.72. The maximum Gasteiger partial charge on any atom is 0.227 e. The summed E-state index contributed by atoms with van der Waals surface area (Å²) in [5.74, 6) is 3.49. The van der Waals surface area contributed by atoms with Crippen LogP contribution >= 0.6 is 0 Å². The number of rotatable bonds is 3. The fourth-order valence-electron chi connectivity index (χ4n) is 3.94. The lowest BCUT2D eigenvalue weighted by Crippen LogP contribution is -2.49. The van der Waals surface area contributed by atoms with E-state index in [0.717, 1.165) is 48.8 Å². The van der Waals surface area contributed by atoms with Gasteiger partial charge in [-0.05, 0) is 31.7 Å². The van der Waals surface area contributed by atoms with Crippen molar-refractivity contribution in [2.45, 2.75) is 25.8 Å². The molecule has 0 N–H and O–H groups in total. The molecule has 0 aliphatic carbocycles. The fraction of sp³-hybridized carbons (Fsp3) is 0.556. The number of aryl methyl sites for hydroxylation is 1. The standard InChI is InChI=1S/C18H25N7/c1-13-10-19-11-17(21-13)25-9-6-14-5-8-24(12-15(14)25)18-20-7-4-16(22-18)23(2)3/h4,7,10-11,14-15H,5-6,8-9,12H2,1-3H3. The number of anilines is 3. The van der Waals surface area contributed by atoms with Gasteiger partial charge in [0.15, 0.2) is 0 Å². The van der Waals surface area contributed by atoms with E-state index in [2.05, 4.69) is 24.8 Å². The third kappa shape index (κ3) is 3.10. The Kier molecular flexibility index (Phi) is 4.15. The number of hydrogen-bond acceptors (Lipinski definition) is 7. The van der Waals surface area contributed by atoms with Gasteiger partial charge in [-0.15, -0.1) is 0 Å². The molecule has 2 aliphatic rings. The average molecular weight is 339 g/mol. The van der Waals surface area contributed by atoms with Crippen molar-refractivity contribution in [2.75, 3.05) is 48.4 Å². The van der Waals surface area contributed by atoms with Crippen molar-refractivity contribution < 1.29 is 0 Å². The number of hydrogen-bond donors (Lipinski definition) is 0. The Bertz CT molecular complexity index is 748. The summed E-state index contributed by atoms with van der Waals surface area (Å²) in [6.45, 7) is 5.01. The molecule has 4 heterocycles. The summed E-state index contributed by atoms with van der Waals surface area (Å²) >= 11 is 0. The highest BCUT2D eigenvalue weighted by Crippen LogP contribution is 2.35. The first-order valence-electron chi connectivity index (χ1n) is 8.92. The van der Waals surface area contributed by atoms with Gasteiger partial charge in [-0.2, -0.15) is 4.98 Å². The Morgan fingerprint density at radius 2 is 1.96 bits per heavy atom. The van der Waals surface area contributed by atoms with E-state index in [4.69, 9.17) is 4.98 Å². The zero-order valence-corrected chi connectivity index (χ0v) is 15.1. The molecule has 2 aliphatic heterocycles. The van der Waals surface area contributed by atoms with Crippen molar-refractivity contribution in [3.05, 3.63) is 30.4 Å². The summed E-state index contributed by atoms with van der Waals surface area (Å²) in [6.07, 6.45) is 7.95. The van der Waals surface area contributed by atoms with E-state index in [1.165, 1.54) is 12.8 Å². The number of fused-ring (bicyclic) bond motifs is 1. The maximum absolute atomic E-state index is 4.72. The Morgan fingerprint density at radius 1 is 1.12 bits per heavy atom. The van der Waals surface area contributed by atoms with Crippen LogP contribution in [-0.4, -0.2) is 59.7 Å². The number of aromatic nitrogens is 4. The van der Waals surface area contributed by atoms with Crippen molar-refractivity contribution in [1.82, 2.24) is 19.9 Å². The lowest BCUT2D eigenvalue weighted by molar-refractivity contribution is 0.386. The largest absolute Gasteiger partial charge is 0.363 e. The Labute approximate surface area is 148 Å². The molecule has 0 amide bonds. The molecule has 2 fully saturated rings. The smallest absolute Gasteiger partial charge is 0.227 e. The van der Waals surface area contributed by atoms with Gasteiger partial charge in [-0.1, -0.05) is 0 Å². The third-order valence-electron chi connectivity index (χ3n) is 5.27. The summed E-state index contributed by atoms with van der Waals surface area (Å²) in [7, 11) is 4.01. The van der Waals surface area contributed by atoms with E-state index in [-0.39, 0.29) is 0 Å². The van der Waals surface area contributed by atoms with Crippen molar-refractivity contribution in [3.8, 4) is 0 Å². The van der Waals surface area contributed by atoms with Crippen LogP contribution in [0.15, 0.2) is 24.7 Å².